The quantitative estimate of drug-likeness (QED) is 0.882. The van der Waals surface area contributed by atoms with Gasteiger partial charge in [-0.25, -0.2) is 0 Å². The van der Waals surface area contributed by atoms with Crippen LogP contribution >= 0.6 is 11.6 Å². The number of fused-ring (bicyclic) bond motifs is 1. The molecular formula is C15H19ClN2O2S. The maximum Gasteiger partial charge on any atom is 0.255 e. The van der Waals surface area contributed by atoms with E-state index in [4.69, 9.17) is 11.6 Å². The van der Waals surface area contributed by atoms with Crippen LogP contribution in [0.25, 0.3) is 10.9 Å². The lowest BCUT2D eigenvalue weighted by molar-refractivity contribution is 0.543. The van der Waals surface area contributed by atoms with Crippen LogP contribution in [0, 0.1) is 0 Å². The fourth-order valence-corrected chi connectivity index (χ4v) is 2.91. The van der Waals surface area contributed by atoms with E-state index >= 15 is 0 Å². The largest absolute Gasteiger partial charge is 0.598 e. The highest BCUT2D eigenvalue weighted by Gasteiger charge is 2.26. The number of nitrogens with one attached hydrogen (secondary N) is 1. The number of hydrogen-bond donors (Lipinski definition) is 1. The van der Waals surface area contributed by atoms with Crippen molar-refractivity contribution in [3.05, 3.63) is 45.2 Å². The molecule has 6 heteroatoms. The summed E-state index contributed by atoms with van der Waals surface area (Å²) in [6.07, 6.45) is 0. The van der Waals surface area contributed by atoms with Gasteiger partial charge in [0.15, 0.2) is 0 Å². The SMILES string of the molecule is Cn1c(=O)c(CN[S+]([O-])C(C)(C)C)cc2cc(Cl)ccc21. The van der Waals surface area contributed by atoms with Gasteiger partial charge in [-0.2, -0.15) is 0 Å². The minimum atomic E-state index is -1.22. The first-order chi connectivity index (χ1) is 9.70. The van der Waals surface area contributed by atoms with Gasteiger partial charge in [0.05, 0.1) is 12.1 Å². The molecule has 1 N–H and O–H groups in total. The first kappa shape index (κ1) is 16.4. The van der Waals surface area contributed by atoms with Crippen LogP contribution in [0.3, 0.4) is 0 Å². The van der Waals surface area contributed by atoms with Gasteiger partial charge in [0.2, 0.25) is 0 Å². The van der Waals surface area contributed by atoms with Gasteiger partial charge in [-0.05, 0) is 45.0 Å². The normalized spacial score (nSPS) is 13.6. The molecule has 2 rings (SSSR count). The molecule has 0 amide bonds. The molecule has 21 heavy (non-hydrogen) atoms. The lowest BCUT2D eigenvalue weighted by Gasteiger charge is -2.23. The molecule has 1 aromatic carbocycles. The van der Waals surface area contributed by atoms with Gasteiger partial charge in [-0.15, -0.1) is 4.72 Å². The van der Waals surface area contributed by atoms with Crippen molar-refractivity contribution >= 4 is 33.9 Å². The van der Waals surface area contributed by atoms with Gasteiger partial charge in [0.1, 0.15) is 4.75 Å². The van der Waals surface area contributed by atoms with Crippen molar-refractivity contribution in [1.29, 1.82) is 0 Å². The lowest BCUT2D eigenvalue weighted by atomic mass is 10.1. The van der Waals surface area contributed by atoms with Crippen molar-refractivity contribution in [1.82, 2.24) is 9.29 Å². The number of rotatable bonds is 3. The Labute approximate surface area is 132 Å². The van der Waals surface area contributed by atoms with E-state index in [1.807, 2.05) is 32.9 Å². The van der Waals surface area contributed by atoms with Crippen LogP contribution in [0.15, 0.2) is 29.1 Å². The second-order valence-electron chi connectivity index (χ2n) is 5.94. The topological polar surface area (TPSA) is 57.1 Å². The zero-order chi connectivity index (χ0) is 15.8. The first-order valence-corrected chi connectivity index (χ1v) is 8.16. The monoisotopic (exact) mass is 326 g/mol. The van der Waals surface area contributed by atoms with Gasteiger partial charge >= 0.3 is 0 Å². The van der Waals surface area contributed by atoms with Crippen molar-refractivity contribution in [3.8, 4) is 0 Å². The number of halogens is 1. The third kappa shape index (κ3) is 3.61. The number of hydrogen-bond acceptors (Lipinski definition) is 3. The first-order valence-electron chi connectivity index (χ1n) is 6.63. The van der Waals surface area contributed by atoms with Crippen molar-refractivity contribution in [2.75, 3.05) is 0 Å². The standard InChI is InChI=1S/C15H19ClN2O2S/c1-15(2,3)21(20)17-9-11-7-10-8-12(16)5-6-13(10)18(4)14(11)19/h5-8,17H,9H2,1-4H3. The second-order valence-corrected chi connectivity index (χ2v) is 8.43. The van der Waals surface area contributed by atoms with Crippen molar-refractivity contribution in [2.24, 2.45) is 7.05 Å². The van der Waals surface area contributed by atoms with Crippen LogP contribution in [-0.4, -0.2) is 13.9 Å². The fourth-order valence-electron chi connectivity index (χ4n) is 2.01. The Hall–Kier alpha value is -1.01. The van der Waals surface area contributed by atoms with Crippen molar-refractivity contribution < 1.29 is 4.55 Å². The third-order valence-corrected chi connectivity index (χ3v) is 4.96. The van der Waals surface area contributed by atoms with Gasteiger partial charge < -0.3 is 9.12 Å². The number of pyridine rings is 1. The van der Waals surface area contributed by atoms with Crippen LogP contribution in [0.2, 0.25) is 5.02 Å². The van der Waals surface area contributed by atoms with Crippen molar-refractivity contribution in [2.45, 2.75) is 32.1 Å². The van der Waals surface area contributed by atoms with Crippen molar-refractivity contribution in [3.63, 3.8) is 0 Å². The zero-order valence-corrected chi connectivity index (χ0v) is 14.1. The van der Waals surface area contributed by atoms with E-state index in [1.54, 1.807) is 23.7 Å². The summed E-state index contributed by atoms with van der Waals surface area (Å²) in [7, 11) is 1.72. The molecule has 2 aromatic rings. The Kier molecular flexibility index (Phi) is 4.68. The second kappa shape index (κ2) is 6.01. The van der Waals surface area contributed by atoms with Gasteiger partial charge in [0.25, 0.3) is 5.56 Å². The van der Waals surface area contributed by atoms with Gasteiger partial charge in [0, 0.05) is 34.4 Å². The molecule has 0 aliphatic rings. The summed E-state index contributed by atoms with van der Waals surface area (Å²) < 4.78 is 16.2. The van der Waals surface area contributed by atoms with Crippen LogP contribution in [-0.2, 0) is 25.0 Å². The van der Waals surface area contributed by atoms with Gasteiger partial charge in [-0.1, -0.05) is 11.6 Å². The Morgan fingerprint density at radius 3 is 2.62 bits per heavy atom. The van der Waals surface area contributed by atoms with E-state index < -0.39 is 11.4 Å². The Morgan fingerprint density at radius 2 is 2.00 bits per heavy atom. The fraction of sp³-hybridized carbons (Fsp3) is 0.400. The summed E-state index contributed by atoms with van der Waals surface area (Å²) in [5.41, 5.74) is 1.30. The summed E-state index contributed by atoms with van der Waals surface area (Å²) in [5, 5.41) is 1.52. The van der Waals surface area contributed by atoms with E-state index in [0.717, 1.165) is 10.9 Å². The molecule has 4 nitrogen and oxygen atoms in total. The Bertz CT molecular complexity index is 722. The van der Waals surface area contributed by atoms with Crippen LogP contribution in [0.1, 0.15) is 26.3 Å². The Morgan fingerprint density at radius 1 is 1.33 bits per heavy atom. The van der Waals surface area contributed by atoms with E-state index in [1.165, 1.54) is 0 Å². The summed E-state index contributed by atoms with van der Waals surface area (Å²) in [6.45, 7) is 5.91. The maximum absolute atomic E-state index is 12.3. The molecule has 0 bridgehead atoms. The molecule has 0 radical (unpaired) electrons. The lowest BCUT2D eigenvalue weighted by Crippen LogP contribution is -2.40. The average molecular weight is 327 g/mol. The van der Waals surface area contributed by atoms with E-state index in [0.29, 0.717) is 10.6 Å². The molecule has 1 heterocycles. The average Bonchev–Trinajstić information content (AvgIpc) is 2.39. The zero-order valence-electron chi connectivity index (χ0n) is 12.6. The molecule has 1 aromatic heterocycles. The highest BCUT2D eigenvalue weighted by atomic mass is 35.5. The summed E-state index contributed by atoms with van der Waals surface area (Å²) >= 11 is 4.78. The molecule has 0 aliphatic heterocycles. The van der Waals surface area contributed by atoms with E-state index in [9.17, 15) is 9.35 Å². The third-order valence-electron chi connectivity index (χ3n) is 3.21. The minimum absolute atomic E-state index is 0.0942. The minimum Gasteiger partial charge on any atom is -0.598 e. The van der Waals surface area contributed by atoms with Gasteiger partial charge in [-0.3, -0.25) is 4.79 Å². The highest BCUT2D eigenvalue weighted by molar-refractivity contribution is 7.90. The number of aryl methyl sites for hydroxylation is 1. The predicted molar refractivity (Wildman–Crippen MR) is 88.9 cm³/mol. The maximum atomic E-state index is 12.3. The number of nitrogens with zero attached hydrogens (tertiary/aromatic N) is 1. The smallest absolute Gasteiger partial charge is 0.255 e. The number of aromatic nitrogens is 1. The van der Waals surface area contributed by atoms with E-state index in [-0.39, 0.29) is 16.9 Å². The Balaban J connectivity index is 2.36. The molecule has 0 fully saturated rings. The molecule has 1 unspecified atom stereocenters. The molecule has 1 atom stereocenters. The predicted octanol–water partition coefficient (Wildman–Crippen LogP) is 2.74. The molecular weight excluding hydrogens is 308 g/mol. The molecule has 0 saturated carbocycles. The summed E-state index contributed by atoms with van der Waals surface area (Å²) in [6, 6.07) is 7.20. The molecule has 0 saturated heterocycles. The number of benzene rings is 1. The van der Waals surface area contributed by atoms with Crippen LogP contribution in [0.4, 0.5) is 0 Å². The van der Waals surface area contributed by atoms with Crippen LogP contribution in [0.5, 0.6) is 0 Å². The molecule has 0 aliphatic carbocycles. The van der Waals surface area contributed by atoms with Crippen LogP contribution < -0.4 is 10.3 Å². The summed E-state index contributed by atoms with van der Waals surface area (Å²) in [4.78, 5) is 12.3. The van der Waals surface area contributed by atoms with E-state index in [2.05, 4.69) is 4.72 Å². The highest BCUT2D eigenvalue weighted by Crippen LogP contribution is 2.19. The molecule has 0 spiro atoms. The molecule has 114 valence electrons. The summed E-state index contributed by atoms with van der Waals surface area (Å²) in [5.74, 6) is 0.